The number of hydrogen-bond acceptors (Lipinski definition) is 2. The minimum Gasteiger partial charge on any atom is -0.496 e. The summed E-state index contributed by atoms with van der Waals surface area (Å²) in [7, 11) is 1.72. The van der Waals surface area contributed by atoms with Crippen molar-refractivity contribution in [1.82, 2.24) is 5.32 Å². The number of hydrogen-bond donors (Lipinski definition) is 1. The van der Waals surface area contributed by atoms with Crippen molar-refractivity contribution in [2.75, 3.05) is 13.7 Å². The van der Waals surface area contributed by atoms with E-state index in [1.807, 2.05) is 0 Å². The average Bonchev–Trinajstić information content (AvgIpc) is 2.35. The van der Waals surface area contributed by atoms with E-state index < -0.39 is 0 Å². The van der Waals surface area contributed by atoms with Crippen LogP contribution in [0.1, 0.15) is 43.9 Å². The van der Waals surface area contributed by atoms with Crippen LogP contribution in [0.25, 0.3) is 0 Å². The van der Waals surface area contributed by atoms with Gasteiger partial charge in [0.15, 0.2) is 0 Å². The summed E-state index contributed by atoms with van der Waals surface area (Å²) in [5, 5.41) is 3.53. The van der Waals surface area contributed by atoms with Gasteiger partial charge in [-0.05, 0) is 50.4 Å². The predicted molar refractivity (Wildman–Crippen MR) is 78.2 cm³/mol. The first-order valence-electron chi connectivity index (χ1n) is 6.60. The molecule has 1 aromatic carbocycles. The highest BCUT2D eigenvalue weighted by Crippen LogP contribution is 2.26. The van der Waals surface area contributed by atoms with E-state index in [2.05, 4.69) is 50.9 Å². The summed E-state index contributed by atoms with van der Waals surface area (Å²) >= 11 is 0. The summed E-state index contributed by atoms with van der Waals surface area (Å²) in [6, 6.07) is 6.82. The van der Waals surface area contributed by atoms with Gasteiger partial charge in [-0.3, -0.25) is 0 Å². The number of aryl methyl sites for hydroxylation is 1. The quantitative estimate of drug-likeness (QED) is 0.735. The Morgan fingerprint density at radius 2 is 2.17 bits per heavy atom. The maximum Gasteiger partial charge on any atom is 0.122 e. The molecule has 1 unspecified atom stereocenters. The molecule has 0 fully saturated rings. The zero-order chi connectivity index (χ0) is 13.5. The monoisotopic (exact) mass is 247 g/mol. The zero-order valence-electron chi connectivity index (χ0n) is 12.0. The fraction of sp³-hybridized carbons (Fsp3) is 0.500. The van der Waals surface area contributed by atoms with Crippen molar-refractivity contribution in [2.45, 2.75) is 39.7 Å². The molecule has 2 nitrogen and oxygen atoms in total. The number of allylic oxidation sites excluding steroid dienone is 1. The summed E-state index contributed by atoms with van der Waals surface area (Å²) in [5.74, 6) is 0.964. The van der Waals surface area contributed by atoms with E-state index in [1.54, 1.807) is 7.11 Å². The van der Waals surface area contributed by atoms with E-state index in [0.29, 0.717) is 6.04 Å². The second-order valence-electron chi connectivity index (χ2n) is 4.84. The minimum absolute atomic E-state index is 0.376. The van der Waals surface area contributed by atoms with Gasteiger partial charge < -0.3 is 10.1 Å². The van der Waals surface area contributed by atoms with Gasteiger partial charge in [-0.15, -0.1) is 6.58 Å². The molecule has 1 aromatic rings. The highest BCUT2D eigenvalue weighted by atomic mass is 16.5. The highest BCUT2D eigenvalue weighted by molar-refractivity contribution is 5.37. The third-order valence-electron chi connectivity index (χ3n) is 3.14. The summed E-state index contributed by atoms with van der Waals surface area (Å²) in [6.45, 7) is 11.2. The lowest BCUT2D eigenvalue weighted by atomic mass is 9.98. The molecule has 100 valence electrons. The summed E-state index contributed by atoms with van der Waals surface area (Å²) in [4.78, 5) is 0. The Balaban J connectivity index is 2.87. The molecule has 0 bridgehead atoms. The molecule has 0 aliphatic heterocycles. The van der Waals surface area contributed by atoms with Crippen molar-refractivity contribution in [2.24, 2.45) is 0 Å². The number of rotatable bonds is 7. The van der Waals surface area contributed by atoms with Crippen molar-refractivity contribution in [1.29, 1.82) is 0 Å². The molecule has 18 heavy (non-hydrogen) atoms. The van der Waals surface area contributed by atoms with Crippen LogP contribution in [0.15, 0.2) is 30.4 Å². The molecule has 1 N–H and O–H groups in total. The van der Waals surface area contributed by atoms with E-state index in [4.69, 9.17) is 4.74 Å². The van der Waals surface area contributed by atoms with Crippen molar-refractivity contribution >= 4 is 0 Å². The molecular weight excluding hydrogens is 222 g/mol. The predicted octanol–water partition coefficient (Wildman–Crippen LogP) is 4.01. The van der Waals surface area contributed by atoms with Crippen molar-refractivity contribution < 1.29 is 4.74 Å². The van der Waals surface area contributed by atoms with Gasteiger partial charge in [0.2, 0.25) is 0 Å². The molecule has 1 rings (SSSR count). The Morgan fingerprint density at radius 1 is 1.44 bits per heavy atom. The van der Waals surface area contributed by atoms with E-state index in [-0.39, 0.29) is 0 Å². The third-order valence-corrected chi connectivity index (χ3v) is 3.14. The molecular formula is C16H25NO. The average molecular weight is 247 g/mol. The Hall–Kier alpha value is -1.28. The Labute approximate surface area is 111 Å². The number of benzene rings is 1. The molecule has 0 radical (unpaired) electrons. The minimum atomic E-state index is 0.376. The van der Waals surface area contributed by atoms with E-state index >= 15 is 0 Å². The number of ether oxygens (including phenoxy) is 1. The smallest absolute Gasteiger partial charge is 0.122 e. The maximum atomic E-state index is 5.39. The van der Waals surface area contributed by atoms with Gasteiger partial charge in [-0.25, -0.2) is 0 Å². The number of methoxy groups -OCH3 is 1. The lowest BCUT2D eigenvalue weighted by molar-refractivity contribution is 0.409. The van der Waals surface area contributed by atoms with Crippen LogP contribution in [0.3, 0.4) is 0 Å². The normalized spacial score (nSPS) is 12.2. The fourth-order valence-electron chi connectivity index (χ4n) is 2.08. The molecule has 0 saturated carbocycles. The molecule has 0 heterocycles. The summed E-state index contributed by atoms with van der Waals surface area (Å²) in [6.07, 6.45) is 2.13. The number of nitrogens with one attached hydrogen (secondary N) is 1. The highest BCUT2D eigenvalue weighted by Gasteiger charge is 2.11. The largest absolute Gasteiger partial charge is 0.496 e. The standard InChI is InChI=1S/C16H25NO/c1-6-17-15(10-7-12(2)3)14-9-8-13(4)16(11-14)18-5/h8-9,11,15,17H,2,6-7,10H2,1,3-5H3. The van der Waals surface area contributed by atoms with E-state index in [9.17, 15) is 0 Å². The second kappa shape index (κ2) is 7.22. The SMILES string of the molecule is C=C(C)CCC(NCC)c1ccc(C)c(OC)c1. The first-order chi connectivity index (χ1) is 8.58. The van der Waals surface area contributed by atoms with Crippen LogP contribution in [0.2, 0.25) is 0 Å². The van der Waals surface area contributed by atoms with Crippen LogP contribution in [0.5, 0.6) is 5.75 Å². The van der Waals surface area contributed by atoms with Gasteiger partial charge in [-0.2, -0.15) is 0 Å². The van der Waals surface area contributed by atoms with Crippen LogP contribution in [0.4, 0.5) is 0 Å². The first kappa shape index (κ1) is 14.8. The lowest BCUT2D eigenvalue weighted by Gasteiger charge is -2.19. The van der Waals surface area contributed by atoms with Crippen molar-refractivity contribution in [3.63, 3.8) is 0 Å². The third kappa shape index (κ3) is 4.19. The van der Waals surface area contributed by atoms with Gasteiger partial charge in [0, 0.05) is 6.04 Å². The molecule has 0 spiro atoms. The lowest BCUT2D eigenvalue weighted by Crippen LogP contribution is -2.21. The van der Waals surface area contributed by atoms with E-state index in [0.717, 1.165) is 25.1 Å². The molecule has 2 heteroatoms. The van der Waals surface area contributed by atoms with Gasteiger partial charge in [0.1, 0.15) is 5.75 Å². The Bertz CT molecular complexity index is 398. The molecule has 0 aliphatic rings. The van der Waals surface area contributed by atoms with Crippen LogP contribution in [-0.2, 0) is 0 Å². The molecule has 0 aliphatic carbocycles. The van der Waals surface area contributed by atoms with E-state index in [1.165, 1.54) is 16.7 Å². The van der Waals surface area contributed by atoms with Crippen LogP contribution in [0, 0.1) is 6.92 Å². The van der Waals surface area contributed by atoms with Crippen molar-refractivity contribution in [3.05, 3.63) is 41.5 Å². The van der Waals surface area contributed by atoms with Crippen LogP contribution in [-0.4, -0.2) is 13.7 Å². The van der Waals surface area contributed by atoms with Crippen molar-refractivity contribution in [3.8, 4) is 5.75 Å². The second-order valence-corrected chi connectivity index (χ2v) is 4.84. The van der Waals surface area contributed by atoms with Gasteiger partial charge >= 0.3 is 0 Å². The topological polar surface area (TPSA) is 21.3 Å². The van der Waals surface area contributed by atoms with Gasteiger partial charge in [0.25, 0.3) is 0 Å². The Kier molecular flexibility index (Phi) is 5.93. The maximum absolute atomic E-state index is 5.39. The van der Waals surface area contributed by atoms with Crippen LogP contribution < -0.4 is 10.1 Å². The molecule has 0 amide bonds. The van der Waals surface area contributed by atoms with Crippen LogP contribution >= 0.6 is 0 Å². The molecule has 1 atom stereocenters. The zero-order valence-corrected chi connectivity index (χ0v) is 12.0. The molecule has 0 saturated heterocycles. The summed E-state index contributed by atoms with van der Waals surface area (Å²) in [5.41, 5.74) is 3.70. The summed E-state index contributed by atoms with van der Waals surface area (Å²) < 4.78 is 5.39. The molecule has 0 aromatic heterocycles. The van der Waals surface area contributed by atoms with Gasteiger partial charge in [-0.1, -0.05) is 24.6 Å². The first-order valence-corrected chi connectivity index (χ1v) is 6.60. The van der Waals surface area contributed by atoms with Gasteiger partial charge in [0.05, 0.1) is 7.11 Å². The fourth-order valence-corrected chi connectivity index (χ4v) is 2.08. The Morgan fingerprint density at radius 3 is 2.72 bits per heavy atom.